The summed E-state index contributed by atoms with van der Waals surface area (Å²) in [6.45, 7) is 5.81. The molecule has 0 radical (unpaired) electrons. The molecule has 0 saturated heterocycles. The van der Waals surface area contributed by atoms with Gasteiger partial charge >= 0.3 is 5.97 Å². The number of hydrogen-bond donors (Lipinski definition) is 1. The Morgan fingerprint density at radius 2 is 1.97 bits per heavy atom. The van der Waals surface area contributed by atoms with Crippen molar-refractivity contribution in [3.8, 4) is 0 Å². The zero-order chi connectivity index (χ0) is 22.9. The van der Waals surface area contributed by atoms with Gasteiger partial charge in [0.15, 0.2) is 5.16 Å². The number of hydrogen-bond acceptors (Lipinski definition) is 8. The van der Waals surface area contributed by atoms with E-state index in [1.54, 1.807) is 21.0 Å². The van der Waals surface area contributed by atoms with Crippen molar-refractivity contribution in [2.24, 2.45) is 0 Å². The molecule has 11 heteroatoms. The van der Waals surface area contributed by atoms with E-state index in [0.29, 0.717) is 26.5 Å². The number of esters is 1. The van der Waals surface area contributed by atoms with Crippen LogP contribution in [0.15, 0.2) is 5.16 Å². The minimum Gasteiger partial charge on any atom is -0.465 e. The molecule has 1 fully saturated rings. The molecule has 9 nitrogen and oxygen atoms in total. The first-order valence-electron chi connectivity index (χ1n) is 9.96. The minimum absolute atomic E-state index is 0.101. The molecule has 0 bridgehead atoms. The van der Waals surface area contributed by atoms with Gasteiger partial charge in [-0.15, -0.1) is 21.5 Å². The molecule has 2 aromatic heterocycles. The van der Waals surface area contributed by atoms with Crippen LogP contribution in [0.1, 0.15) is 70.1 Å². The molecule has 1 N–H and O–H groups in total. The molecule has 0 atom stereocenters. The highest BCUT2D eigenvalue weighted by atomic mass is 32.2. The molecular formula is C20H27N5O4S2. The van der Waals surface area contributed by atoms with Crippen LogP contribution in [-0.2, 0) is 9.53 Å². The molecule has 2 amide bonds. The predicted octanol–water partition coefficient (Wildman–Crippen LogP) is 3.33. The van der Waals surface area contributed by atoms with Crippen molar-refractivity contribution in [1.29, 1.82) is 0 Å². The molecule has 1 aliphatic carbocycles. The minimum atomic E-state index is -0.594. The summed E-state index contributed by atoms with van der Waals surface area (Å²) in [6.07, 6.45) is 2.25. The highest BCUT2D eigenvalue weighted by Gasteiger charge is 2.31. The summed E-state index contributed by atoms with van der Waals surface area (Å²) in [4.78, 5) is 39.2. The third-order valence-corrected chi connectivity index (χ3v) is 7.01. The molecular weight excluding hydrogens is 438 g/mol. The third kappa shape index (κ3) is 4.93. The Labute approximate surface area is 189 Å². The Kier molecular flexibility index (Phi) is 7.05. The van der Waals surface area contributed by atoms with Gasteiger partial charge in [-0.25, -0.2) is 4.79 Å². The molecule has 31 heavy (non-hydrogen) atoms. The van der Waals surface area contributed by atoms with Crippen LogP contribution >= 0.6 is 23.1 Å². The normalized spacial score (nSPS) is 13.4. The molecule has 1 saturated carbocycles. The number of thioether (sulfide) groups is 1. The predicted molar refractivity (Wildman–Crippen MR) is 120 cm³/mol. The van der Waals surface area contributed by atoms with E-state index in [-0.39, 0.29) is 29.2 Å². The molecule has 1 aliphatic rings. The first kappa shape index (κ1) is 23.3. The number of anilines is 1. The average Bonchev–Trinajstić information content (AvgIpc) is 3.39. The highest BCUT2D eigenvalue weighted by Crippen LogP contribution is 2.41. The van der Waals surface area contributed by atoms with Crippen LogP contribution in [-0.4, -0.2) is 64.4 Å². The van der Waals surface area contributed by atoms with Crippen LogP contribution in [0.3, 0.4) is 0 Å². The van der Waals surface area contributed by atoms with E-state index in [9.17, 15) is 14.4 Å². The zero-order valence-corrected chi connectivity index (χ0v) is 20.1. The van der Waals surface area contributed by atoms with Crippen molar-refractivity contribution in [2.45, 2.75) is 50.7 Å². The van der Waals surface area contributed by atoms with Gasteiger partial charge in [0.05, 0.1) is 23.3 Å². The molecule has 3 rings (SSSR count). The number of amides is 2. The second kappa shape index (κ2) is 9.39. The third-order valence-electron chi connectivity index (χ3n) is 4.87. The first-order valence-corrected chi connectivity index (χ1v) is 11.8. The van der Waals surface area contributed by atoms with Crippen molar-refractivity contribution in [3.63, 3.8) is 0 Å². The number of nitrogens with zero attached hydrogens (tertiary/aromatic N) is 4. The van der Waals surface area contributed by atoms with Crippen molar-refractivity contribution in [2.75, 3.05) is 32.3 Å². The molecule has 2 aromatic rings. The van der Waals surface area contributed by atoms with Gasteiger partial charge in [0.25, 0.3) is 5.91 Å². The van der Waals surface area contributed by atoms with Crippen molar-refractivity contribution >= 4 is 45.9 Å². The number of aromatic nitrogens is 3. The van der Waals surface area contributed by atoms with Crippen LogP contribution < -0.4 is 5.32 Å². The number of carbonyl (C=O) groups is 3. The number of ether oxygens (including phenoxy) is 1. The fourth-order valence-corrected chi connectivity index (χ4v) is 5.25. The number of rotatable bonds is 8. The molecule has 0 spiro atoms. The molecule has 168 valence electrons. The van der Waals surface area contributed by atoms with Gasteiger partial charge in [0, 0.05) is 26.1 Å². The van der Waals surface area contributed by atoms with Gasteiger partial charge < -0.3 is 19.5 Å². The van der Waals surface area contributed by atoms with E-state index in [1.807, 2.05) is 0 Å². The zero-order valence-electron chi connectivity index (χ0n) is 18.5. The van der Waals surface area contributed by atoms with Gasteiger partial charge in [-0.3, -0.25) is 9.59 Å². The van der Waals surface area contributed by atoms with Gasteiger partial charge in [0.2, 0.25) is 5.91 Å². The SMILES string of the molecule is COC(=O)c1c(NC(=O)CSc2nnc(C3CC3)n2C(C)C)sc(C(=O)N(C)C)c1C. The summed E-state index contributed by atoms with van der Waals surface area (Å²) in [7, 11) is 4.54. The molecule has 0 aromatic carbocycles. The fourth-order valence-electron chi connectivity index (χ4n) is 3.14. The van der Waals surface area contributed by atoms with Gasteiger partial charge in [-0.2, -0.15) is 0 Å². The van der Waals surface area contributed by atoms with Crippen molar-refractivity contribution in [3.05, 3.63) is 21.8 Å². The lowest BCUT2D eigenvalue weighted by atomic mass is 10.1. The lowest BCUT2D eigenvalue weighted by molar-refractivity contribution is -0.113. The van der Waals surface area contributed by atoms with Crippen molar-refractivity contribution < 1.29 is 19.1 Å². The lowest BCUT2D eigenvalue weighted by Gasteiger charge is -2.13. The number of carbonyl (C=O) groups excluding carboxylic acids is 3. The Hall–Kier alpha value is -2.40. The van der Waals surface area contributed by atoms with Crippen LogP contribution in [0, 0.1) is 6.92 Å². The topological polar surface area (TPSA) is 106 Å². The van der Waals surface area contributed by atoms with Crippen LogP contribution in [0.4, 0.5) is 5.00 Å². The summed E-state index contributed by atoms with van der Waals surface area (Å²) in [5.74, 6) is 0.410. The lowest BCUT2D eigenvalue weighted by Crippen LogP contribution is -2.21. The van der Waals surface area contributed by atoms with E-state index in [0.717, 1.165) is 30.0 Å². The Bertz CT molecular complexity index is 1010. The summed E-state index contributed by atoms with van der Waals surface area (Å²) in [5, 5.41) is 12.4. The van der Waals surface area contributed by atoms with E-state index in [2.05, 4.69) is 33.9 Å². The first-order chi connectivity index (χ1) is 14.6. The second-order valence-electron chi connectivity index (χ2n) is 7.87. The Morgan fingerprint density at radius 3 is 2.52 bits per heavy atom. The number of methoxy groups -OCH3 is 1. The van der Waals surface area contributed by atoms with Crippen LogP contribution in [0.25, 0.3) is 0 Å². The van der Waals surface area contributed by atoms with Crippen LogP contribution in [0.2, 0.25) is 0 Å². The second-order valence-corrected chi connectivity index (χ2v) is 9.83. The van der Waals surface area contributed by atoms with E-state index in [1.165, 1.54) is 23.8 Å². The number of thiophene rings is 1. The van der Waals surface area contributed by atoms with Gasteiger partial charge in [0.1, 0.15) is 10.8 Å². The maximum atomic E-state index is 12.7. The summed E-state index contributed by atoms with van der Waals surface area (Å²) in [6, 6.07) is 0.196. The van der Waals surface area contributed by atoms with E-state index < -0.39 is 5.97 Å². The monoisotopic (exact) mass is 465 g/mol. The van der Waals surface area contributed by atoms with Gasteiger partial charge in [-0.05, 0) is 39.2 Å². The Balaban J connectivity index is 1.77. The Morgan fingerprint density at radius 1 is 1.29 bits per heavy atom. The maximum absolute atomic E-state index is 12.7. The largest absolute Gasteiger partial charge is 0.465 e. The van der Waals surface area contributed by atoms with E-state index in [4.69, 9.17) is 4.74 Å². The van der Waals surface area contributed by atoms with E-state index >= 15 is 0 Å². The quantitative estimate of drug-likeness (QED) is 0.471. The summed E-state index contributed by atoms with van der Waals surface area (Å²) >= 11 is 2.38. The fraction of sp³-hybridized carbons (Fsp3) is 0.550. The smallest absolute Gasteiger partial charge is 0.341 e. The summed E-state index contributed by atoms with van der Waals surface area (Å²) < 4.78 is 6.94. The molecule has 2 heterocycles. The highest BCUT2D eigenvalue weighted by molar-refractivity contribution is 7.99. The maximum Gasteiger partial charge on any atom is 0.341 e. The molecule has 0 aliphatic heterocycles. The average molecular weight is 466 g/mol. The number of nitrogens with one attached hydrogen (secondary N) is 1. The van der Waals surface area contributed by atoms with Crippen LogP contribution in [0.5, 0.6) is 0 Å². The summed E-state index contributed by atoms with van der Waals surface area (Å²) in [5.41, 5.74) is 0.699. The molecule has 0 unspecified atom stereocenters. The van der Waals surface area contributed by atoms with Crippen molar-refractivity contribution in [1.82, 2.24) is 19.7 Å². The standard InChI is InChI=1S/C20H27N5O4S2/c1-10(2)25-16(12-7-8-12)22-23-20(25)30-9-13(26)21-17-14(19(28)29-6)11(3)15(31-17)18(27)24(4)5/h10,12H,7-9H2,1-6H3,(H,21,26). The van der Waals surface area contributed by atoms with Gasteiger partial charge in [-0.1, -0.05) is 11.8 Å².